The van der Waals surface area contributed by atoms with Crippen LogP contribution in [-0.2, 0) is 19.5 Å². The predicted molar refractivity (Wildman–Crippen MR) is 82.5 cm³/mol. The number of aromatic nitrogens is 2. The third-order valence-electron chi connectivity index (χ3n) is 3.28. The fraction of sp³-hybridized carbons (Fsp3) is 0.375. The first kappa shape index (κ1) is 14.5. The lowest BCUT2D eigenvalue weighted by Crippen LogP contribution is -2.18. The zero-order valence-corrected chi connectivity index (χ0v) is 12.2. The molecule has 0 amide bonds. The number of nitrogens with two attached hydrogens (primary N) is 1. The normalized spacial score (nSPS) is 10.6. The summed E-state index contributed by atoms with van der Waals surface area (Å²) in [6.45, 7) is 3.57. The molecule has 0 radical (unpaired) electrons. The van der Waals surface area contributed by atoms with E-state index in [0.29, 0.717) is 6.54 Å². The van der Waals surface area contributed by atoms with Gasteiger partial charge in [-0.2, -0.15) is 0 Å². The summed E-state index contributed by atoms with van der Waals surface area (Å²) in [7, 11) is 2.05. The van der Waals surface area contributed by atoms with Gasteiger partial charge in [0.1, 0.15) is 12.1 Å². The number of aryl methyl sites for hydroxylation is 1. The average Bonchev–Trinajstić information content (AvgIpc) is 2.48. The van der Waals surface area contributed by atoms with Crippen molar-refractivity contribution in [3.05, 3.63) is 53.5 Å². The molecule has 1 aromatic heterocycles. The van der Waals surface area contributed by atoms with Gasteiger partial charge in [-0.15, -0.1) is 0 Å². The van der Waals surface area contributed by atoms with Gasteiger partial charge in [0.2, 0.25) is 0 Å². The summed E-state index contributed by atoms with van der Waals surface area (Å²) >= 11 is 0. The molecule has 0 saturated carbocycles. The van der Waals surface area contributed by atoms with Crippen LogP contribution in [0.1, 0.15) is 30.2 Å². The highest BCUT2D eigenvalue weighted by molar-refractivity contribution is 5.39. The van der Waals surface area contributed by atoms with Gasteiger partial charge in [-0.3, -0.25) is 0 Å². The smallest absolute Gasteiger partial charge is 0.132 e. The number of hydrogen-bond donors (Lipinski definition) is 1. The van der Waals surface area contributed by atoms with Gasteiger partial charge in [-0.25, -0.2) is 9.97 Å². The zero-order chi connectivity index (χ0) is 14.4. The first-order chi connectivity index (χ1) is 9.72. The number of anilines is 1. The van der Waals surface area contributed by atoms with Crippen LogP contribution in [0, 0.1) is 0 Å². The van der Waals surface area contributed by atoms with E-state index in [0.717, 1.165) is 36.5 Å². The van der Waals surface area contributed by atoms with E-state index in [1.165, 1.54) is 5.56 Å². The number of benzene rings is 1. The first-order valence-corrected chi connectivity index (χ1v) is 7.03. The summed E-state index contributed by atoms with van der Waals surface area (Å²) < 4.78 is 0. The van der Waals surface area contributed by atoms with Crippen molar-refractivity contribution in [2.75, 3.05) is 11.9 Å². The van der Waals surface area contributed by atoms with E-state index >= 15 is 0 Å². The quantitative estimate of drug-likeness (QED) is 0.876. The largest absolute Gasteiger partial charge is 0.355 e. The lowest BCUT2D eigenvalue weighted by Gasteiger charge is -2.18. The second kappa shape index (κ2) is 7.01. The van der Waals surface area contributed by atoms with Gasteiger partial charge in [0.15, 0.2) is 0 Å². The number of nitrogens with zero attached hydrogens (tertiary/aromatic N) is 3. The summed E-state index contributed by atoms with van der Waals surface area (Å²) in [4.78, 5) is 10.8. The molecule has 0 aliphatic heterocycles. The Labute approximate surface area is 120 Å². The van der Waals surface area contributed by atoms with Gasteiger partial charge >= 0.3 is 0 Å². The lowest BCUT2D eigenvalue weighted by molar-refractivity contribution is 0.846. The third-order valence-corrected chi connectivity index (χ3v) is 3.28. The molecule has 20 heavy (non-hydrogen) atoms. The minimum absolute atomic E-state index is 0.586. The maximum atomic E-state index is 5.61. The van der Waals surface area contributed by atoms with E-state index in [1.54, 1.807) is 6.33 Å². The van der Waals surface area contributed by atoms with E-state index in [2.05, 4.69) is 59.2 Å². The molecule has 106 valence electrons. The van der Waals surface area contributed by atoms with Crippen LogP contribution in [0.4, 0.5) is 5.82 Å². The summed E-state index contributed by atoms with van der Waals surface area (Å²) in [6.07, 6.45) is 3.74. The molecule has 0 aliphatic rings. The Hall–Kier alpha value is -1.94. The number of hydrogen-bond acceptors (Lipinski definition) is 4. The molecule has 0 spiro atoms. The van der Waals surface area contributed by atoms with Crippen molar-refractivity contribution < 1.29 is 0 Å². The second-order valence-electron chi connectivity index (χ2n) is 4.99. The molecule has 1 heterocycles. The lowest BCUT2D eigenvalue weighted by atomic mass is 10.1. The van der Waals surface area contributed by atoms with Crippen molar-refractivity contribution in [3.8, 4) is 0 Å². The van der Waals surface area contributed by atoms with Crippen LogP contribution in [0.25, 0.3) is 0 Å². The molecule has 0 bridgehead atoms. The molecule has 4 nitrogen and oxygen atoms in total. The topological polar surface area (TPSA) is 55.0 Å². The standard InChI is InChI=1S/C16H22N4/c1-3-4-15-9-16(19-12-18-15)20(2)11-14-7-5-13(10-17)6-8-14/h5-9,12H,3-4,10-11,17H2,1-2H3. The summed E-state index contributed by atoms with van der Waals surface area (Å²) in [5.74, 6) is 0.964. The fourth-order valence-corrected chi connectivity index (χ4v) is 2.12. The van der Waals surface area contributed by atoms with Crippen molar-refractivity contribution in [1.82, 2.24) is 9.97 Å². The Morgan fingerprint density at radius 2 is 1.80 bits per heavy atom. The van der Waals surface area contributed by atoms with Gasteiger partial charge in [-0.05, 0) is 17.5 Å². The van der Waals surface area contributed by atoms with Crippen LogP contribution < -0.4 is 10.6 Å². The molecule has 4 heteroatoms. The van der Waals surface area contributed by atoms with Gasteiger partial charge in [0.05, 0.1) is 0 Å². The van der Waals surface area contributed by atoms with Crippen molar-refractivity contribution in [1.29, 1.82) is 0 Å². The molecule has 2 N–H and O–H groups in total. The minimum Gasteiger partial charge on any atom is -0.355 e. The van der Waals surface area contributed by atoms with E-state index < -0.39 is 0 Å². The molecule has 2 aromatic rings. The van der Waals surface area contributed by atoms with Crippen molar-refractivity contribution >= 4 is 5.82 Å². The maximum Gasteiger partial charge on any atom is 0.132 e. The van der Waals surface area contributed by atoms with Crippen LogP contribution >= 0.6 is 0 Å². The molecule has 1 aromatic carbocycles. The highest BCUT2D eigenvalue weighted by Crippen LogP contribution is 2.14. The van der Waals surface area contributed by atoms with Gasteiger partial charge in [0, 0.05) is 31.9 Å². The van der Waals surface area contributed by atoms with Crippen LogP contribution in [0.3, 0.4) is 0 Å². The van der Waals surface area contributed by atoms with Crippen molar-refractivity contribution in [3.63, 3.8) is 0 Å². The van der Waals surface area contributed by atoms with E-state index in [9.17, 15) is 0 Å². The third kappa shape index (κ3) is 3.78. The van der Waals surface area contributed by atoms with Crippen LogP contribution in [0.2, 0.25) is 0 Å². The molecule has 0 fully saturated rings. The molecule has 0 atom stereocenters. The minimum atomic E-state index is 0.586. The Kier molecular flexibility index (Phi) is 5.07. The highest BCUT2D eigenvalue weighted by atomic mass is 15.2. The Balaban J connectivity index is 2.06. The SMILES string of the molecule is CCCc1cc(N(C)Cc2ccc(CN)cc2)ncn1. The predicted octanol–water partition coefficient (Wildman–Crippen LogP) is 2.52. The summed E-state index contributed by atoms with van der Waals surface area (Å²) in [5, 5.41) is 0. The fourth-order valence-electron chi connectivity index (χ4n) is 2.12. The van der Waals surface area contributed by atoms with Gasteiger partial charge in [-0.1, -0.05) is 37.6 Å². The van der Waals surface area contributed by atoms with Crippen molar-refractivity contribution in [2.24, 2.45) is 5.73 Å². The van der Waals surface area contributed by atoms with Crippen molar-refractivity contribution in [2.45, 2.75) is 32.9 Å². The first-order valence-electron chi connectivity index (χ1n) is 7.03. The van der Waals surface area contributed by atoms with Crippen LogP contribution in [0.15, 0.2) is 36.7 Å². The highest BCUT2D eigenvalue weighted by Gasteiger charge is 2.05. The Bertz CT molecular complexity index is 536. The number of rotatable bonds is 6. The van der Waals surface area contributed by atoms with E-state index in [4.69, 9.17) is 5.73 Å². The van der Waals surface area contributed by atoms with Crippen LogP contribution in [-0.4, -0.2) is 17.0 Å². The molecule has 0 saturated heterocycles. The van der Waals surface area contributed by atoms with E-state index in [-0.39, 0.29) is 0 Å². The molecular weight excluding hydrogens is 248 g/mol. The monoisotopic (exact) mass is 270 g/mol. The maximum absolute atomic E-state index is 5.61. The molecular formula is C16H22N4. The Morgan fingerprint density at radius 1 is 1.10 bits per heavy atom. The summed E-state index contributed by atoms with van der Waals surface area (Å²) in [6, 6.07) is 10.5. The van der Waals surface area contributed by atoms with Gasteiger partial charge in [0.25, 0.3) is 0 Å². The molecule has 2 rings (SSSR count). The second-order valence-corrected chi connectivity index (χ2v) is 4.99. The Morgan fingerprint density at radius 3 is 2.45 bits per heavy atom. The zero-order valence-electron chi connectivity index (χ0n) is 12.2. The summed E-state index contributed by atoms with van der Waals surface area (Å²) in [5.41, 5.74) is 9.12. The van der Waals surface area contributed by atoms with Crippen LogP contribution in [0.5, 0.6) is 0 Å². The molecule has 0 unspecified atom stereocenters. The molecule has 0 aliphatic carbocycles. The average molecular weight is 270 g/mol. The van der Waals surface area contributed by atoms with E-state index in [1.807, 2.05) is 0 Å². The van der Waals surface area contributed by atoms with Gasteiger partial charge < -0.3 is 10.6 Å².